The maximum absolute atomic E-state index is 13.3. The predicted molar refractivity (Wildman–Crippen MR) is 212 cm³/mol. The van der Waals surface area contributed by atoms with Crippen LogP contribution in [-0.2, 0) is 19.1 Å². The number of methoxy groups -OCH3 is 2. The van der Waals surface area contributed by atoms with Crippen molar-refractivity contribution in [3.05, 3.63) is 91.5 Å². The number of allylic oxidation sites excluding steroid dienone is 12. The van der Waals surface area contributed by atoms with Gasteiger partial charge in [0, 0.05) is 47.2 Å². The van der Waals surface area contributed by atoms with Gasteiger partial charge in [0.25, 0.3) is 0 Å². The lowest BCUT2D eigenvalue weighted by Gasteiger charge is -2.20. The summed E-state index contributed by atoms with van der Waals surface area (Å²) in [6.45, 7) is 13.3. The number of aliphatic hydroxyl groups excluding tert-OH is 1. The minimum Gasteiger partial charge on any atom is -0.512 e. The molecule has 1 fully saturated rings. The molecule has 2 unspecified atom stereocenters. The van der Waals surface area contributed by atoms with Crippen LogP contribution in [0.15, 0.2) is 106 Å². The first kappa shape index (κ1) is 39.6. The second-order valence-corrected chi connectivity index (χ2v) is 14.4. The van der Waals surface area contributed by atoms with E-state index in [0.29, 0.717) is 41.9 Å². The third-order valence-corrected chi connectivity index (χ3v) is 11.2. The van der Waals surface area contributed by atoms with E-state index >= 15 is 0 Å². The Labute approximate surface area is 314 Å². The molecule has 0 aliphatic carbocycles. The van der Waals surface area contributed by atoms with Crippen LogP contribution in [0.3, 0.4) is 0 Å². The summed E-state index contributed by atoms with van der Waals surface area (Å²) < 4.78 is 10.3. The van der Waals surface area contributed by atoms with Crippen molar-refractivity contribution in [2.45, 2.75) is 112 Å². The maximum Gasteiger partial charge on any atom is 0.310 e. The van der Waals surface area contributed by atoms with Gasteiger partial charge < -0.3 is 25.6 Å². The zero-order valence-electron chi connectivity index (χ0n) is 32.9. The fourth-order valence-electron chi connectivity index (χ4n) is 8.03. The number of aliphatic hydroxyl groups is 1. The van der Waals surface area contributed by atoms with Gasteiger partial charge in [-0.25, -0.2) is 15.0 Å². The standard InChI is InChI=1S/C43H57N5O5/c1-9-28-24(3)32-21-34-26(5)30(17-18-39(50)52-7)42(47-34)31(20-40(51)53-8)43-41(38(49)16-14-12-11-13-15-19-44)27(6)35(48-43)23-37-29(10-2)25(4)33(46-37)22-36(28)45-32/h21-23,26,30,47,49H,9-20,44H2,1-8H3. The van der Waals surface area contributed by atoms with E-state index in [2.05, 4.69) is 52.1 Å². The van der Waals surface area contributed by atoms with Crippen molar-refractivity contribution in [3.8, 4) is 0 Å². The minimum atomic E-state index is -0.426. The van der Waals surface area contributed by atoms with Crippen LogP contribution in [0.2, 0.25) is 0 Å². The number of hydrogen-bond acceptors (Lipinski definition) is 10. The lowest BCUT2D eigenvalue weighted by atomic mass is 9.84. The summed E-state index contributed by atoms with van der Waals surface area (Å²) in [6.07, 6.45) is 13.8. The molecule has 53 heavy (non-hydrogen) atoms. The highest BCUT2D eigenvalue weighted by Crippen LogP contribution is 2.44. The highest BCUT2D eigenvalue weighted by molar-refractivity contribution is 6.20. The van der Waals surface area contributed by atoms with Crippen LogP contribution in [0, 0.1) is 11.8 Å². The van der Waals surface area contributed by atoms with E-state index in [9.17, 15) is 14.7 Å². The summed E-state index contributed by atoms with van der Waals surface area (Å²) in [7, 11) is 2.77. The molecule has 2 atom stereocenters. The molecule has 0 aromatic carbocycles. The number of hydrogen-bond donors (Lipinski definition) is 3. The van der Waals surface area contributed by atoms with Gasteiger partial charge in [-0.1, -0.05) is 40.0 Å². The van der Waals surface area contributed by atoms with E-state index in [-0.39, 0.29) is 36.4 Å². The summed E-state index contributed by atoms with van der Waals surface area (Å²) in [5.74, 6) is -0.729. The first-order chi connectivity index (χ1) is 25.5. The zero-order chi connectivity index (χ0) is 38.4. The number of carbonyl (C=O) groups excluding carboxylic acids is 2. The summed E-state index contributed by atoms with van der Waals surface area (Å²) in [4.78, 5) is 41.4. The lowest BCUT2D eigenvalue weighted by Crippen LogP contribution is -2.21. The van der Waals surface area contributed by atoms with Crippen LogP contribution in [0.5, 0.6) is 0 Å². The van der Waals surface area contributed by atoms with Crippen LogP contribution in [0.25, 0.3) is 0 Å². The number of nitrogens with zero attached hydrogens (tertiary/aromatic N) is 3. The third kappa shape index (κ3) is 8.33. The topological polar surface area (TPSA) is 148 Å². The molecule has 10 nitrogen and oxygen atoms in total. The third-order valence-electron chi connectivity index (χ3n) is 11.2. The number of rotatable bonds is 14. The number of nitrogens with two attached hydrogens (primary N) is 1. The Balaban J connectivity index is 1.79. The van der Waals surface area contributed by atoms with Crippen molar-refractivity contribution in [1.29, 1.82) is 0 Å². The molecule has 10 heteroatoms. The number of ether oxygens (including phenoxy) is 2. The summed E-state index contributed by atoms with van der Waals surface area (Å²) in [6, 6.07) is 0. The van der Waals surface area contributed by atoms with Crippen molar-refractivity contribution in [1.82, 2.24) is 5.32 Å². The highest BCUT2D eigenvalue weighted by atomic mass is 16.5. The SMILES string of the molecule is CCC1=C(C)C2=NC1=CC1=C(C)C(=C(O)CCCCCCCN)C(=N1)C(CC(=O)OC)=C1NC(=CC3=NC(=C2)C(CC)=C3C)C(C)C1CCC(=O)OC. The smallest absolute Gasteiger partial charge is 0.310 e. The van der Waals surface area contributed by atoms with E-state index < -0.39 is 5.97 Å². The molecule has 0 saturated carbocycles. The van der Waals surface area contributed by atoms with E-state index in [0.717, 1.165) is 101 Å². The quantitative estimate of drug-likeness (QED) is 0.0925. The Bertz CT molecular complexity index is 1890. The fraction of sp³-hybridized carbons (Fsp3) is 0.512. The first-order valence-electron chi connectivity index (χ1n) is 19.3. The normalized spacial score (nSPS) is 22.1. The van der Waals surface area contributed by atoms with Gasteiger partial charge in [-0.3, -0.25) is 9.59 Å². The van der Waals surface area contributed by atoms with Crippen LogP contribution in [-0.4, -0.2) is 54.9 Å². The Kier molecular flexibility index (Phi) is 13.1. The van der Waals surface area contributed by atoms with Gasteiger partial charge in [0.15, 0.2) is 0 Å². The molecule has 5 rings (SSSR count). The second kappa shape index (κ2) is 17.5. The number of esters is 2. The molecule has 5 aliphatic heterocycles. The van der Waals surface area contributed by atoms with Crippen LogP contribution < -0.4 is 11.1 Å². The molecule has 8 bridgehead atoms. The van der Waals surface area contributed by atoms with Gasteiger partial charge in [0.1, 0.15) is 5.76 Å². The Morgan fingerprint density at radius 2 is 1.40 bits per heavy atom. The molecule has 0 aromatic heterocycles. The van der Waals surface area contributed by atoms with Crippen LogP contribution in [0.1, 0.15) is 112 Å². The van der Waals surface area contributed by atoms with E-state index in [1.54, 1.807) is 0 Å². The number of fused-ring (bicyclic) bond motifs is 5. The van der Waals surface area contributed by atoms with Crippen molar-refractivity contribution >= 4 is 29.1 Å². The monoisotopic (exact) mass is 723 g/mol. The van der Waals surface area contributed by atoms with Crippen LogP contribution >= 0.6 is 0 Å². The Morgan fingerprint density at radius 3 is 2.02 bits per heavy atom. The molecule has 0 amide bonds. The molecule has 284 valence electrons. The average Bonchev–Trinajstić information content (AvgIpc) is 3.83. The molecule has 4 N–H and O–H groups in total. The van der Waals surface area contributed by atoms with Gasteiger partial charge in [0.05, 0.1) is 54.9 Å². The maximum atomic E-state index is 13.3. The highest BCUT2D eigenvalue weighted by Gasteiger charge is 2.39. The predicted octanol–water partition coefficient (Wildman–Crippen LogP) is 8.48. The fourth-order valence-corrected chi connectivity index (χ4v) is 8.03. The molecule has 5 heterocycles. The molecular weight excluding hydrogens is 667 g/mol. The van der Waals surface area contributed by atoms with E-state index in [1.807, 2.05) is 13.0 Å². The second-order valence-electron chi connectivity index (χ2n) is 14.4. The van der Waals surface area contributed by atoms with E-state index in [1.165, 1.54) is 19.8 Å². The molecule has 0 radical (unpaired) electrons. The first-order valence-corrected chi connectivity index (χ1v) is 19.3. The van der Waals surface area contributed by atoms with Crippen molar-refractivity contribution in [2.75, 3.05) is 20.8 Å². The minimum absolute atomic E-state index is 0.0588. The number of nitrogens with one attached hydrogen (secondary N) is 1. The number of aliphatic imine (C=N–C) groups is 3. The number of carbonyl (C=O) groups is 2. The van der Waals surface area contributed by atoms with Gasteiger partial charge in [-0.15, -0.1) is 0 Å². The van der Waals surface area contributed by atoms with Crippen LogP contribution in [0.4, 0.5) is 0 Å². The largest absolute Gasteiger partial charge is 0.512 e. The van der Waals surface area contributed by atoms with Gasteiger partial charge in [-0.2, -0.15) is 0 Å². The summed E-state index contributed by atoms with van der Waals surface area (Å²) in [5.41, 5.74) is 18.7. The van der Waals surface area contributed by atoms with Crippen molar-refractivity contribution in [3.63, 3.8) is 0 Å². The zero-order valence-corrected chi connectivity index (χ0v) is 32.9. The Morgan fingerprint density at radius 1 is 0.792 bits per heavy atom. The van der Waals surface area contributed by atoms with Gasteiger partial charge in [-0.05, 0) is 106 Å². The lowest BCUT2D eigenvalue weighted by molar-refractivity contribution is -0.141. The van der Waals surface area contributed by atoms with Crippen molar-refractivity contribution < 1.29 is 24.2 Å². The molecule has 0 aromatic rings. The molecular formula is C43H57N5O5. The molecule has 5 aliphatic rings. The van der Waals surface area contributed by atoms with Gasteiger partial charge >= 0.3 is 11.9 Å². The van der Waals surface area contributed by atoms with Crippen molar-refractivity contribution in [2.24, 2.45) is 32.5 Å². The molecule has 0 spiro atoms. The Hall–Kier alpha value is -4.57. The van der Waals surface area contributed by atoms with Gasteiger partial charge in [0.2, 0.25) is 0 Å². The average molecular weight is 724 g/mol. The van der Waals surface area contributed by atoms with E-state index in [4.69, 9.17) is 30.2 Å². The summed E-state index contributed by atoms with van der Waals surface area (Å²) >= 11 is 0. The molecule has 1 saturated heterocycles. The summed E-state index contributed by atoms with van der Waals surface area (Å²) in [5, 5.41) is 15.6. The number of unbranched alkanes of at least 4 members (excludes halogenated alkanes) is 4.